The van der Waals surface area contributed by atoms with Crippen LogP contribution >= 0.6 is 0 Å². The summed E-state index contributed by atoms with van der Waals surface area (Å²) >= 11 is 0. The Morgan fingerprint density at radius 1 is 1.20 bits per heavy atom. The van der Waals surface area contributed by atoms with Crippen LogP contribution < -0.4 is 10.1 Å². The molecule has 1 amide bonds. The summed E-state index contributed by atoms with van der Waals surface area (Å²) in [5.74, 6) is 0.634. The Morgan fingerprint density at radius 2 is 2.00 bits per heavy atom. The van der Waals surface area contributed by atoms with Gasteiger partial charge < -0.3 is 10.1 Å². The predicted molar refractivity (Wildman–Crippen MR) is 94.3 cm³/mol. The van der Waals surface area contributed by atoms with Crippen molar-refractivity contribution < 1.29 is 9.53 Å². The van der Waals surface area contributed by atoms with Crippen LogP contribution in [-0.4, -0.2) is 25.5 Å². The first-order chi connectivity index (χ1) is 12.1. The summed E-state index contributed by atoms with van der Waals surface area (Å²) in [7, 11) is 0. The second-order valence-electron chi connectivity index (χ2n) is 5.72. The number of rotatable bonds is 7. The molecule has 0 atom stereocenters. The van der Waals surface area contributed by atoms with Gasteiger partial charge in [0, 0.05) is 11.9 Å². The lowest BCUT2D eigenvalue weighted by Gasteiger charge is -2.07. The fraction of sp³-hybridized carbons (Fsp3) is 0.278. The zero-order chi connectivity index (χ0) is 17.6. The normalized spacial score (nSPS) is 10.6. The molecular weight excluding hydrogens is 318 g/mol. The van der Waals surface area contributed by atoms with Crippen LogP contribution in [0.3, 0.4) is 0 Å². The molecule has 3 rings (SSSR count). The molecular formula is C18H21N5O2. The van der Waals surface area contributed by atoms with Gasteiger partial charge in [-0.2, -0.15) is 10.2 Å². The van der Waals surface area contributed by atoms with Crippen molar-refractivity contribution >= 4 is 11.6 Å². The Bertz CT molecular complexity index is 835. The number of nitrogens with zero attached hydrogens (tertiary/aromatic N) is 4. The molecule has 0 saturated carbocycles. The second-order valence-corrected chi connectivity index (χ2v) is 5.72. The number of benzene rings is 1. The van der Waals surface area contributed by atoms with E-state index in [2.05, 4.69) is 22.4 Å². The van der Waals surface area contributed by atoms with Crippen LogP contribution in [0.2, 0.25) is 0 Å². The van der Waals surface area contributed by atoms with Gasteiger partial charge in [0.2, 0.25) is 5.91 Å². The molecule has 2 aromatic heterocycles. The first-order valence-corrected chi connectivity index (χ1v) is 8.16. The molecule has 0 spiro atoms. The molecule has 7 nitrogen and oxygen atoms in total. The van der Waals surface area contributed by atoms with E-state index in [-0.39, 0.29) is 19.2 Å². The van der Waals surface area contributed by atoms with Crippen LogP contribution in [0, 0.1) is 6.92 Å². The number of amides is 1. The highest BCUT2D eigenvalue weighted by Crippen LogP contribution is 2.13. The maximum Gasteiger partial charge on any atom is 0.246 e. The molecule has 2 heterocycles. The molecule has 0 aliphatic carbocycles. The van der Waals surface area contributed by atoms with Crippen LogP contribution in [0.5, 0.6) is 5.75 Å². The Balaban J connectivity index is 1.51. The molecule has 130 valence electrons. The van der Waals surface area contributed by atoms with Crippen molar-refractivity contribution in [2.75, 3.05) is 5.32 Å². The lowest BCUT2D eigenvalue weighted by atomic mass is 10.2. The molecule has 1 N–H and O–H groups in total. The molecule has 0 saturated heterocycles. The number of hydrogen-bond donors (Lipinski definition) is 1. The largest absolute Gasteiger partial charge is 0.471 e. The van der Waals surface area contributed by atoms with Crippen LogP contribution in [-0.2, 0) is 24.5 Å². The van der Waals surface area contributed by atoms with Crippen molar-refractivity contribution in [3.05, 3.63) is 60.2 Å². The molecule has 1 aromatic carbocycles. The Morgan fingerprint density at radius 3 is 2.68 bits per heavy atom. The van der Waals surface area contributed by atoms with Crippen LogP contribution in [0.1, 0.15) is 18.2 Å². The number of carbonyl (C=O) groups excluding carboxylic acids is 1. The highest BCUT2D eigenvalue weighted by Gasteiger charge is 2.07. The zero-order valence-corrected chi connectivity index (χ0v) is 14.3. The standard InChI is InChI=1S/C18H21N5O2/c1-3-15-4-6-17(7-5-15)25-13-22-11-16(10-20-22)21-18(24)12-23-14(2)8-9-19-23/h4-11H,3,12-13H2,1-2H3,(H,21,24). The molecule has 7 heteroatoms. The van der Waals surface area contributed by atoms with E-state index in [0.717, 1.165) is 17.9 Å². The van der Waals surface area contributed by atoms with Gasteiger partial charge in [0.1, 0.15) is 12.3 Å². The molecule has 25 heavy (non-hydrogen) atoms. The maximum absolute atomic E-state index is 12.0. The monoisotopic (exact) mass is 339 g/mol. The summed E-state index contributed by atoms with van der Waals surface area (Å²) in [6.45, 7) is 4.47. The van der Waals surface area contributed by atoms with Gasteiger partial charge in [-0.15, -0.1) is 0 Å². The summed E-state index contributed by atoms with van der Waals surface area (Å²) in [5.41, 5.74) is 2.83. The Kier molecular flexibility index (Phi) is 5.13. The van der Waals surface area contributed by atoms with Gasteiger partial charge in [-0.25, -0.2) is 4.68 Å². The van der Waals surface area contributed by atoms with E-state index in [4.69, 9.17) is 4.74 Å². The minimum Gasteiger partial charge on any atom is -0.471 e. The summed E-state index contributed by atoms with van der Waals surface area (Å²) in [6, 6.07) is 9.83. The van der Waals surface area contributed by atoms with E-state index in [9.17, 15) is 4.79 Å². The van der Waals surface area contributed by atoms with Gasteiger partial charge in [0.05, 0.1) is 18.1 Å². The Hall–Kier alpha value is -3.09. The third-order valence-corrected chi connectivity index (χ3v) is 3.83. The van der Waals surface area contributed by atoms with Crippen LogP contribution in [0.25, 0.3) is 0 Å². The van der Waals surface area contributed by atoms with Gasteiger partial charge in [0.25, 0.3) is 0 Å². The first kappa shape index (κ1) is 16.8. The first-order valence-electron chi connectivity index (χ1n) is 8.16. The van der Waals surface area contributed by atoms with Gasteiger partial charge in [-0.3, -0.25) is 9.48 Å². The SMILES string of the molecule is CCc1ccc(OCn2cc(NC(=O)Cn3nccc3C)cn2)cc1. The lowest BCUT2D eigenvalue weighted by Crippen LogP contribution is -2.19. The summed E-state index contributed by atoms with van der Waals surface area (Å²) < 4.78 is 8.95. The molecule has 0 unspecified atom stereocenters. The third-order valence-electron chi connectivity index (χ3n) is 3.83. The van der Waals surface area contributed by atoms with Gasteiger partial charge >= 0.3 is 0 Å². The predicted octanol–water partition coefficient (Wildman–Crippen LogP) is 2.63. The van der Waals surface area contributed by atoms with Crippen LogP contribution in [0.4, 0.5) is 5.69 Å². The number of nitrogens with one attached hydrogen (secondary N) is 1. The molecule has 0 aliphatic heterocycles. The molecule has 0 radical (unpaired) electrons. The van der Waals surface area contributed by atoms with Crippen molar-refractivity contribution in [3.8, 4) is 5.75 Å². The van der Waals surface area contributed by atoms with Crippen molar-refractivity contribution in [2.24, 2.45) is 0 Å². The topological polar surface area (TPSA) is 74.0 Å². The minimum atomic E-state index is -0.151. The Labute approximate surface area is 146 Å². The van der Waals surface area contributed by atoms with E-state index in [1.54, 1.807) is 28.0 Å². The summed E-state index contributed by atoms with van der Waals surface area (Å²) in [4.78, 5) is 12.0. The number of ether oxygens (including phenoxy) is 1. The molecule has 0 fully saturated rings. The third kappa shape index (κ3) is 4.47. The number of hydrogen-bond acceptors (Lipinski definition) is 4. The van der Waals surface area contributed by atoms with Crippen molar-refractivity contribution in [3.63, 3.8) is 0 Å². The maximum atomic E-state index is 12.0. The zero-order valence-electron chi connectivity index (χ0n) is 14.3. The van der Waals surface area contributed by atoms with Gasteiger partial charge in [0.15, 0.2) is 6.73 Å². The fourth-order valence-electron chi connectivity index (χ4n) is 2.36. The van der Waals surface area contributed by atoms with Gasteiger partial charge in [-0.1, -0.05) is 19.1 Å². The summed E-state index contributed by atoms with van der Waals surface area (Å²) in [6.07, 6.45) is 6.00. The average Bonchev–Trinajstić information content (AvgIpc) is 3.23. The van der Waals surface area contributed by atoms with Gasteiger partial charge in [-0.05, 0) is 37.1 Å². The second kappa shape index (κ2) is 7.65. The number of aryl methyl sites for hydroxylation is 2. The smallest absolute Gasteiger partial charge is 0.246 e. The highest BCUT2D eigenvalue weighted by atomic mass is 16.5. The molecule has 3 aromatic rings. The van der Waals surface area contributed by atoms with Crippen molar-refractivity contribution in [2.45, 2.75) is 33.5 Å². The molecule has 0 bridgehead atoms. The number of aromatic nitrogens is 4. The minimum absolute atomic E-state index is 0.151. The van der Waals surface area contributed by atoms with Crippen molar-refractivity contribution in [1.29, 1.82) is 0 Å². The van der Waals surface area contributed by atoms with E-state index in [1.165, 1.54) is 5.56 Å². The van der Waals surface area contributed by atoms with E-state index < -0.39 is 0 Å². The lowest BCUT2D eigenvalue weighted by molar-refractivity contribution is -0.116. The fourth-order valence-corrected chi connectivity index (χ4v) is 2.36. The van der Waals surface area contributed by atoms with Crippen molar-refractivity contribution in [1.82, 2.24) is 19.6 Å². The number of anilines is 1. The average molecular weight is 339 g/mol. The van der Waals surface area contributed by atoms with E-state index in [1.807, 2.05) is 37.3 Å². The summed E-state index contributed by atoms with van der Waals surface area (Å²) in [5, 5.41) is 11.1. The van der Waals surface area contributed by atoms with Crippen LogP contribution in [0.15, 0.2) is 48.9 Å². The van der Waals surface area contributed by atoms with E-state index in [0.29, 0.717) is 5.69 Å². The quantitative estimate of drug-likeness (QED) is 0.718. The molecule has 0 aliphatic rings. The van der Waals surface area contributed by atoms with E-state index >= 15 is 0 Å². The highest BCUT2D eigenvalue weighted by molar-refractivity contribution is 5.90. The number of carbonyl (C=O) groups is 1.